The summed E-state index contributed by atoms with van der Waals surface area (Å²) in [6.07, 6.45) is 1.03. The van der Waals surface area contributed by atoms with Gasteiger partial charge in [-0.05, 0) is 37.5 Å². The standard InChI is InChI=1S/C14H18BrNO5S/c1-9-6-12(21-2)13(7-11(9)15)22(19,20)16-5-3-4-10(8-16)14(17)18/h6-7,10H,3-5,8H2,1-2H3,(H,17,18). The van der Waals surface area contributed by atoms with E-state index in [1.54, 1.807) is 6.07 Å². The molecule has 0 aromatic heterocycles. The Kier molecular flexibility index (Phi) is 5.14. The predicted octanol–water partition coefficient (Wildman–Crippen LogP) is 2.25. The van der Waals surface area contributed by atoms with Crippen LogP contribution in [0.25, 0.3) is 0 Å². The van der Waals surface area contributed by atoms with E-state index in [9.17, 15) is 13.2 Å². The number of aryl methyl sites for hydroxylation is 1. The number of nitrogens with zero attached hydrogens (tertiary/aromatic N) is 1. The minimum absolute atomic E-state index is 0.00762. The maximum atomic E-state index is 12.8. The number of methoxy groups -OCH3 is 1. The Hall–Kier alpha value is -1.12. The zero-order chi connectivity index (χ0) is 16.5. The van der Waals surface area contributed by atoms with Gasteiger partial charge in [-0.3, -0.25) is 4.79 Å². The van der Waals surface area contributed by atoms with E-state index >= 15 is 0 Å². The lowest BCUT2D eigenvalue weighted by atomic mass is 10.0. The van der Waals surface area contributed by atoms with Crippen molar-refractivity contribution in [3.8, 4) is 5.75 Å². The summed E-state index contributed by atoms with van der Waals surface area (Å²) in [6.45, 7) is 2.15. The van der Waals surface area contributed by atoms with Crippen molar-refractivity contribution in [1.82, 2.24) is 4.31 Å². The molecule has 1 fully saturated rings. The van der Waals surface area contributed by atoms with Gasteiger partial charge in [0, 0.05) is 17.6 Å². The van der Waals surface area contributed by atoms with Gasteiger partial charge in [-0.25, -0.2) is 8.42 Å². The summed E-state index contributed by atoms with van der Waals surface area (Å²) in [4.78, 5) is 11.2. The van der Waals surface area contributed by atoms with Gasteiger partial charge in [0.2, 0.25) is 10.0 Å². The number of carbonyl (C=O) groups is 1. The van der Waals surface area contributed by atoms with E-state index in [0.717, 1.165) is 5.56 Å². The van der Waals surface area contributed by atoms with Crippen LogP contribution in [-0.2, 0) is 14.8 Å². The third kappa shape index (κ3) is 3.28. The second-order valence-corrected chi connectivity index (χ2v) is 8.05. The van der Waals surface area contributed by atoms with Crippen molar-refractivity contribution in [2.45, 2.75) is 24.7 Å². The molecule has 0 saturated carbocycles. The average molecular weight is 392 g/mol. The lowest BCUT2D eigenvalue weighted by Gasteiger charge is -2.30. The molecule has 1 aromatic carbocycles. The van der Waals surface area contributed by atoms with Crippen LogP contribution in [0.15, 0.2) is 21.5 Å². The molecule has 2 rings (SSSR count). The maximum Gasteiger partial charge on any atom is 0.307 e. The van der Waals surface area contributed by atoms with Gasteiger partial charge in [-0.2, -0.15) is 4.31 Å². The van der Waals surface area contributed by atoms with Gasteiger partial charge < -0.3 is 9.84 Å². The van der Waals surface area contributed by atoms with Crippen LogP contribution in [0.1, 0.15) is 18.4 Å². The van der Waals surface area contributed by atoms with Crippen molar-refractivity contribution in [3.05, 3.63) is 22.2 Å². The van der Waals surface area contributed by atoms with E-state index in [2.05, 4.69) is 15.9 Å². The summed E-state index contributed by atoms with van der Waals surface area (Å²) in [5.41, 5.74) is 0.859. The minimum Gasteiger partial charge on any atom is -0.495 e. The van der Waals surface area contributed by atoms with Crippen LogP contribution in [0.5, 0.6) is 5.75 Å². The lowest BCUT2D eigenvalue weighted by molar-refractivity contribution is -0.142. The largest absolute Gasteiger partial charge is 0.495 e. The molecule has 8 heteroatoms. The first-order valence-electron chi connectivity index (χ1n) is 6.84. The fraction of sp³-hybridized carbons (Fsp3) is 0.500. The number of carboxylic acid groups (broad SMARTS) is 1. The molecule has 1 aliphatic rings. The first-order valence-corrected chi connectivity index (χ1v) is 9.07. The van der Waals surface area contributed by atoms with Gasteiger partial charge in [0.1, 0.15) is 10.6 Å². The fourth-order valence-electron chi connectivity index (χ4n) is 2.50. The van der Waals surface area contributed by atoms with Gasteiger partial charge in [-0.15, -0.1) is 0 Å². The molecule has 1 aromatic rings. The zero-order valence-electron chi connectivity index (χ0n) is 12.4. The number of halogens is 1. The van der Waals surface area contributed by atoms with Crippen LogP contribution in [0.2, 0.25) is 0 Å². The Morgan fingerprint density at radius 1 is 1.45 bits per heavy atom. The highest BCUT2D eigenvalue weighted by Crippen LogP contribution is 2.33. The molecule has 1 aliphatic heterocycles. The number of aliphatic carboxylic acids is 1. The summed E-state index contributed by atoms with van der Waals surface area (Å²) in [6, 6.07) is 3.16. The molecule has 122 valence electrons. The molecule has 1 unspecified atom stereocenters. The highest BCUT2D eigenvalue weighted by molar-refractivity contribution is 9.10. The van der Waals surface area contributed by atoms with Gasteiger partial charge in [0.15, 0.2) is 0 Å². The maximum absolute atomic E-state index is 12.8. The number of benzene rings is 1. The number of sulfonamides is 1. The van der Waals surface area contributed by atoms with Crippen molar-refractivity contribution in [3.63, 3.8) is 0 Å². The summed E-state index contributed by atoms with van der Waals surface area (Å²) >= 11 is 3.33. The second-order valence-electron chi connectivity index (χ2n) is 5.29. The Bertz CT molecular complexity index is 689. The molecule has 1 heterocycles. The Morgan fingerprint density at radius 3 is 2.73 bits per heavy atom. The first-order chi connectivity index (χ1) is 10.3. The van der Waals surface area contributed by atoms with Crippen LogP contribution in [0.4, 0.5) is 0 Å². The van der Waals surface area contributed by atoms with Crippen LogP contribution < -0.4 is 4.74 Å². The number of ether oxygens (including phenoxy) is 1. The smallest absolute Gasteiger partial charge is 0.307 e. The van der Waals surface area contributed by atoms with E-state index < -0.39 is 21.9 Å². The van der Waals surface area contributed by atoms with E-state index in [-0.39, 0.29) is 17.2 Å². The van der Waals surface area contributed by atoms with E-state index in [0.29, 0.717) is 23.9 Å². The number of piperidine rings is 1. The Labute approximate surface area is 138 Å². The third-order valence-corrected chi connectivity index (χ3v) is 6.54. The van der Waals surface area contributed by atoms with Crippen molar-refractivity contribution in [2.24, 2.45) is 5.92 Å². The van der Waals surface area contributed by atoms with Crippen LogP contribution >= 0.6 is 15.9 Å². The van der Waals surface area contributed by atoms with Gasteiger partial charge in [0.25, 0.3) is 0 Å². The molecule has 1 atom stereocenters. The molecule has 22 heavy (non-hydrogen) atoms. The van der Waals surface area contributed by atoms with Crippen LogP contribution in [0, 0.1) is 12.8 Å². The normalized spacial score (nSPS) is 19.9. The number of carboxylic acids is 1. The molecule has 0 aliphatic carbocycles. The SMILES string of the molecule is COc1cc(C)c(Br)cc1S(=O)(=O)N1CCCC(C(=O)O)C1. The number of rotatable bonds is 4. The van der Waals surface area contributed by atoms with E-state index in [1.807, 2.05) is 6.92 Å². The second kappa shape index (κ2) is 6.55. The van der Waals surface area contributed by atoms with Gasteiger partial charge in [0.05, 0.1) is 13.0 Å². The average Bonchev–Trinajstić information content (AvgIpc) is 2.49. The molecule has 0 radical (unpaired) electrons. The van der Waals surface area contributed by atoms with Gasteiger partial charge in [-0.1, -0.05) is 15.9 Å². The summed E-state index contributed by atoms with van der Waals surface area (Å²) in [5.74, 6) is -1.36. The predicted molar refractivity (Wildman–Crippen MR) is 84.5 cm³/mol. The highest BCUT2D eigenvalue weighted by atomic mass is 79.9. The van der Waals surface area contributed by atoms with Crippen LogP contribution in [-0.4, -0.2) is 44.0 Å². The lowest BCUT2D eigenvalue weighted by Crippen LogP contribution is -2.42. The fourth-order valence-corrected chi connectivity index (χ4v) is 4.68. The Balaban J connectivity index is 2.42. The molecule has 1 saturated heterocycles. The molecular formula is C14H18BrNO5S. The molecular weight excluding hydrogens is 374 g/mol. The number of hydrogen-bond acceptors (Lipinski definition) is 4. The van der Waals surface area contributed by atoms with Crippen molar-refractivity contribution >= 4 is 31.9 Å². The van der Waals surface area contributed by atoms with Crippen LogP contribution in [0.3, 0.4) is 0 Å². The minimum atomic E-state index is -3.80. The molecule has 6 nitrogen and oxygen atoms in total. The summed E-state index contributed by atoms with van der Waals surface area (Å²) in [5, 5.41) is 9.12. The van der Waals surface area contributed by atoms with Crippen molar-refractivity contribution in [1.29, 1.82) is 0 Å². The zero-order valence-corrected chi connectivity index (χ0v) is 14.8. The highest BCUT2D eigenvalue weighted by Gasteiger charge is 2.35. The van der Waals surface area contributed by atoms with Crippen molar-refractivity contribution < 1.29 is 23.1 Å². The van der Waals surface area contributed by atoms with E-state index in [1.165, 1.54) is 17.5 Å². The topological polar surface area (TPSA) is 83.9 Å². The van der Waals surface area contributed by atoms with E-state index in [4.69, 9.17) is 9.84 Å². The van der Waals surface area contributed by atoms with Gasteiger partial charge >= 0.3 is 5.97 Å². The quantitative estimate of drug-likeness (QED) is 0.850. The Morgan fingerprint density at radius 2 is 2.14 bits per heavy atom. The third-order valence-electron chi connectivity index (χ3n) is 3.80. The number of hydrogen-bond donors (Lipinski definition) is 1. The first kappa shape index (κ1) is 17.2. The summed E-state index contributed by atoms with van der Waals surface area (Å²) < 4.78 is 32.7. The molecule has 0 bridgehead atoms. The monoisotopic (exact) mass is 391 g/mol. The van der Waals surface area contributed by atoms with Crippen molar-refractivity contribution in [2.75, 3.05) is 20.2 Å². The summed E-state index contributed by atoms with van der Waals surface area (Å²) in [7, 11) is -2.38. The molecule has 0 spiro atoms. The molecule has 1 N–H and O–H groups in total. The molecule has 0 amide bonds.